The lowest BCUT2D eigenvalue weighted by molar-refractivity contribution is 0.0600. The average molecular weight is 190 g/mol. The molecule has 1 aromatic rings. The fourth-order valence-electron chi connectivity index (χ4n) is 1.10. The predicted octanol–water partition coefficient (Wildman–Crippen LogP) is 1.93. The SMILES string of the molecule is C=Cc1cc(C(=O)OC)ccc1C=O. The van der Waals surface area contributed by atoms with Gasteiger partial charge in [-0.05, 0) is 17.7 Å². The summed E-state index contributed by atoms with van der Waals surface area (Å²) in [5, 5.41) is 0. The summed E-state index contributed by atoms with van der Waals surface area (Å²) < 4.78 is 4.55. The van der Waals surface area contributed by atoms with Crippen molar-refractivity contribution in [3.8, 4) is 0 Å². The van der Waals surface area contributed by atoms with E-state index in [0.29, 0.717) is 16.7 Å². The Morgan fingerprint density at radius 3 is 2.64 bits per heavy atom. The highest BCUT2D eigenvalue weighted by Gasteiger charge is 2.07. The molecule has 1 aromatic carbocycles. The molecule has 0 aromatic heterocycles. The summed E-state index contributed by atoms with van der Waals surface area (Å²) in [5.74, 6) is -0.425. The number of hydrogen-bond acceptors (Lipinski definition) is 3. The third-order valence-electron chi connectivity index (χ3n) is 1.85. The Morgan fingerprint density at radius 2 is 2.14 bits per heavy atom. The maximum absolute atomic E-state index is 11.1. The molecule has 0 spiro atoms. The van der Waals surface area contributed by atoms with E-state index in [1.165, 1.54) is 13.2 Å². The molecule has 0 heterocycles. The molecule has 0 saturated heterocycles. The van der Waals surface area contributed by atoms with Gasteiger partial charge in [0, 0.05) is 5.56 Å². The minimum Gasteiger partial charge on any atom is -0.465 e. The zero-order chi connectivity index (χ0) is 10.6. The van der Waals surface area contributed by atoms with Crippen LogP contribution in [0.25, 0.3) is 6.08 Å². The van der Waals surface area contributed by atoms with Gasteiger partial charge in [-0.25, -0.2) is 4.79 Å². The van der Waals surface area contributed by atoms with Crippen molar-refractivity contribution in [1.82, 2.24) is 0 Å². The van der Waals surface area contributed by atoms with E-state index in [1.807, 2.05) is 0 Å². The van der Waals surface area contributed by atoms with Crippen LogP contribution in [0.1, 0.15) is 26.3 Å². The Hall–Kier alpha value is -1.90. The maximum Gasteiger partial charge on any atom is 0.337 e. The van der Waals surface area contributed by atoms with Gasteiger partial charge in [0.15, 0.2) is 6.29 Å². The number of aldehydes is 1. The zero-order valence-corrected chi connectivity index (χ0v) is 7.82. The minimum absolute atomic E-state index is 0.410. The molecule has 14 heavy (non-hydrogen) atoms. The van der Waals surface area contributed by atoms with E-state index in [9.17, 15) is 9.59 Å². The lowest BCUT2D eigenvalue weighted by Gasteiger charge is -2.02. The lowest BCUT2D eigenvalue weighted by atomic mass is 10.0. The fraction of sp³-hybridized carbons (Fsp3) is 0.0909. The van der Waals surface area contributed by atoms with Crippen molar-refractivity contribution in [3.63, 3.8) is 0 Å². The molecule has 0 bridgehead atoms. The van der Waals surface area contributed by atoms with Crippen LogP contribution in [0.3, 0.4) is 0 Å². The maximum atomic E-state index is 11.1. The van der Waals surface area contributed by atoms with Gasteiger partial charge < -0.3 is 4.74 Å². The van der Waals surface area contributed by atoms with Crippen molar-refractivity contribution in [3.05, 3.63) is 41.5 Å². The second-order valence-electron chi connectivity index (χ2n) is 2.66. The summed E-state index contributed by atoms with van der Waals surface area (Å²) in [6, 6.07) is 4.68. The Labute approximate surface area is 82.0 Å². The van der Waals surface area contributed by atoms with Crippen LogP contribution in [-0.2, 0) is 4.74 Å². The molecule has 0 fully saturated rings. The van der Waals surface area contributed by atoms with Gasteiger partial charge in [-0.1, -0.05) is 18.7 Å². The van der Waals surface area contributed by atoms with E-state index in [4.69, 9.17) is 0 Å². The number of rotatable bonds is 3. The first kappa shape index (κ1) is 10.2. The highest BCUT2D eigenvalue weighted by atomic mass is 16.5. The third kappa shape index (κ3) is 1.88. The van der Waals surface area contributed by atoms with Gasteiger partial charge in [-0.15, -0.1) is 0 Å². The molecule has 0 aliphatic carbocycles. The summed E-state index contributed by atoms with van der Waals surface area (Å²) in [6.07, 6.45) is 2.24. The molecule has 0 amide bonds. The van der Waals surface area contributed by atoms with Crippen LogP contribution < -0.4 is 0 Å². The number of benzene rings is 1. The van der Waals surface area contributed by atoms with Crippen LogP contribution in [0.4, 0.5) is 0 Å². The molecule has 0 unspecified atom stereocenters. The van der Waals surface area contributed by atoms with Gasteiger partial charge in [-0.3, -0.25) is 4.79 Å². The Bertz CT molecular complexity index is 380. The zero-order valence-electron chi connectivity index (χ0n) is 7.82. The molecule has 3 nitrogen and oxygen atoms in total. The number of methoxy groups -OCH3 is 1. The van der Waals surface area contributed by atoms with Gasteiger partial charge in [0.25, 0.3) is 0 Å². The molecule has 72 valence electrons. The van der Waals surface area contributed by atoms with Gasteiger partial charge in [-0.2, -0.15) is 0 Å². The van der Waals surface area contributed by atoms with Crippen LogP contribution >= 0.6 is 0 Å². The normalized spacial score (nSPS) is 9.21. The van der Waals surface area contributed by atoms with Gasteiger partial charge in [0.1, 0.15) is 0 Å². The van der Waals surface area contributed by atoms with Gasteiger partial charge >= 0.3 is 5.97 Å². The molecule has 3 heteroatoms. The third-order valence-corrected chi connectivity index (χ3v) is 1.85. The molecule has 0 N–H and O–H groups in total. The summed E-state index contributed by atoms with van der Waals surface area (Å²) in [7, 11) is 1.31. The highest BCUT2D eigenvalue weighted by Crippen LogP contribution is 2.12. The van der Waals surface area contributed by atoms with E-state index < -0.39 is 5.97 Å². The van der Waals surface area contributed by atoms with Crippen molar-refractivity contribution in [2.24, 2.45) is 0 Å². The molecule has 0 aliphatic heterocycles. The van der Waals surface area contributed by atoms with Crippen molar-refractivity contribution >= 4 is 18.3 Å². The van der Waals surface area contributed by atoms with Crippen molar-refractivity contribution in [1.29, 1.82) is 0 Å². The highest BCUT2D eigenvalue weighted by molar-refractivity contribution is 5.92. The van der Waals surface area contributed by atoms with Crippen LogP contribution in [0.5, 0.6) is 0 Å². The molecule has 0 atom stereocenters. The first-order valence-electron chi connectivity index (χ1n) is 4.03. The molecule has 0 radical (unpaired) electrons. The average Bonchev–Trinajstić information content (AvgIpc) is 2.26. The Kier molecular flexibility index (Phi) is 3.18. The second kappa shape index (κ2) is 4.37. The van der Waals surface area contributed by atoms with Crippen LogP contribution in [-0.4, -0.2) is 19.4 Å². The molecular formula is C11H10O3. The standard InChI is InChI=1S/C11H10O3/c1-3-8-6-9(11(13)14-2)4-5-10(8)7-12/h3-7H,1H2,2H3. The fourth-order valence-corrected chi connectivity index (χ4v) is 1.10. The molecular weight excluding hydrogens is 180 g/mol. The largest absolute Gasteiger partial charge is 0.465 e. The van der Waals surface area contributed by atoms with Gasteiger partial charge in [0.05, 0.1) is 12.7 Å². The van der Waals surface area contributed by atoms with Crippen LogP contribution in [0.2, 0.25) is 0 Å². The predicted molar refractivity (Wildman–Crippen MR) is 53.3 cm³/mol. The number of carbonyl (C=O) groups is 2. The summed E-state index contributed by atoms with van der Waals surface area (Å²) in [4.78, 5) is 21.7. The van der Waals surface area contributed by atoms with Crippen LogP contribution in [0.15, 0.2) is 24.8 Å². The molecule has 0 saturated carbocycles. The Morgan fingerprint density at radius 1 is 1.43 bits per heavy atom. The van der Waals surface area contributed by atoms with Crippen molar-refractivity contribution < 1.29 is 14.3 Å². The van der Waals surface area contributed by atoms with Crippen molar-refractivity contribution in [2.45, 2.75) is 0 Å². The topological polar surface area (TPSA) is 43.4 Å². The second-order valence-corrected chi connectivity index (χ2v) is 2.66. The van der Waals surface area contributed by atoms with E-state index in [2.05, 4.69) is 11.3 Å². The number of hydrogen-bond donors (Lipinski definition) is 0. The number of ether oxygens (including phenoxy) is 1. The van der Waals surface area contributed by atoms with Crippen molar-refractivity contribution in [2.75, 3.05) is 7.11 Å². The first-order valence-corrected chi connectivity index (χ1v) is 4.03. The monoisotopic (exact) mass is 190 g/mol. The molecule has 0 aliphatic rings. The van der Waals surface area contributed by atoms with E-state index >= 15 is 0 Å². The van der Waals surface area contributed by atoms with Gasteiger partial charge in [0.2, 0.25) is 0 Å². The Balaban J connectivity index is 3.20. The quantitative estimate of drug-likeness (QED) is 0.540. The summed E-state index contributed by atoms with van der Waals surface area (Å²) in [6.45, 7) is 3.55. The lowest BCUT2D eigenvalue weighted by Crippen LogP contribution is -2.02. The summed E-state index contributed by atoms with van der Waals surface area (Å²) in [5.41, 5.74) is 1.54. The first-order chi connectivity index (χ1) is 6.72. The number of esters is 1. The van der Waals surface area contributed by atoms with E-state index in [1.54, 1.807) is 18.2 Å². The van der Waals surface area contributed by atoms with E-state index in [-0.39, 0.29) is 0 Å². The molecule has 1 rings (SSSR count). The van der Waals surface area contributed by atoms with E-state index in [0.717, 1.165) is 6.29 Å². The number of carbonyl (C=O) groups excluding carboxylic acids is 2. The summed E-state index contributed by atoms with van der Waals surface area (Å²) >= 11 is 0. The van der Waals surface area contributed by atoms with Crippen LogP contribution in [0, 0.1) is 0 Å². The smallest absolute Gasteiger partial charge is 0.337 e. The minimum atomic E-state index is -0.425.